The molecule has 60 valence electrons. The molecule has 1 heterocycles. The molecule has 0 N–H and O–H groups in total. The van der Waals surface area contributed by atoms with Gasteiger partial charge in [0.1, 0.15) is 0 Å². The Balaban J connectivity index is 2.45. The second-order valence-corrected chi connectivity index (χ2v) is 2.66. The van der Waals surface area contributed by atoms with Crippen LogP contribution in [0.3, 0.4) is 0 Å². The highest BCUT2D eigenvalue weighted by Gasteiger charge is 2.14. The molecule has 0 radical (unpaired) electrons. The number of ketones is 1. The molecular formula is C9H8N2O. The standard InChI is InChI=1S/C9H8N2O/c12-9-5-1-4-8-7(9)3-2-6-10-11-8/h1-3,5H,4,6H2. The van der Waals surface area contributed by atoms with Gasteiger partial charge in [-0.2, -0.15) is 10.2 Å². The number of hydrogen-bond acceptors (Lipinski definition) is 3. The zero-order valence-electron chi connectivity index (χ0n) is 6.53. The summed E-state index contributed by atoms with van der Waals surface area (Å²) in [5.41, 5.74) is 1.48. The van der Waals surface area contributed by atoms with E-state index < -0.39 is 0 Å². The Morgan fingerprint density at radius 1 is 1.25 bits per heavy atom. The Bertz CT molecular complexity index is 334. The van der Waals surface area contributed by atoms with Crippen molar-refractivity contribution in [1.29, 1.82) is 0 Å². The third-order valence-corrected chi connectivity index (χ3v) is 1.82. The first-order valence-corrected chi connectivity index (χ1v) is 3.86. The maximum atomic E-state index is 11.3. The van der Waals surface area contributed by atoms with Crippen molar-refractivity contribution in [3.63, 3.8) is 0 Å². The summed E-state index contributed by atoms with van der Waals surface area (Å²) >= 11 is 0. The molecule has 0 amide bonds. The van der Waals surface area contributed by atoms with Crippen LogP contribution < -0.4 is 0 Å². The monoisotopic (exact) mass is 160 g/mol. The summed E-state index contributed by atoms with van der Waals surface area (Å²) in [6, 6.07) is 0. The van der Waals surface area contributed by atoms with E-state index in [1.807, 2.05) is 12.2 Å². The minimum Gasteiger partial charge on any atom is -0.289 e. The number of azo groups is 1. The van der Waals surface area contributed by atoms with Crippen molar-refractivity contribution < 1.29 is 4.79 Å². The van der Waals surface area contributed by atoms with Crippen molar-refractivity contribution in [3.05, 3.63) is 35.6 Å². The van der Waals surface area contributed by atoms with Crippen LogP contribution in [0.15, 0.2) is 45.8 Å². The average molecular weight is 160 g/mol. The van der Waals surface area contributed by atoms with Gasteiger partial charge in [0.15, 0.2) is 5.78 Å². The van der Waals surface area contributed by atoms with Crippen LogP contribution in [0.2, 0.25) is 0 Å². The fourth-order valence-electron chi connectivity index (χ4n) is 1.24. The Labute approximate surface area is 70.2 Å². The van der Waals surface area contributed by atoms with E-state index in [1.165, 1.54) is 0 Å². The minimum atomic E-state index is 0.0355. The lowest BCUT2D eigenvalue weighted by Crippen LogP contribution is -2.03. The Morgan fingerprint density at radius 2 is 2.17 bits per heavy atom. The zero-order valence-corrected chi connectivity index (χ0v) is 6.53. The summed E-state index contributed by atoms with van der Waals surface area (Å²) in [7, 11) is 0. The first-order chi connectivity index (χ1) is 5.88. The van der Waals surface area contributed by atoms with Gasteiger partial charge >= 0.3 is 0 Å². The lowest BCUT2D eigenvalue weighted by molar-refractivity contribution is -0.111. The molecule has 1 aliphatic heterocycles. The third-order valence-electron chi connectivity index (χ3n) is 1.82. The lowest BCUT2D eigenvalue weighted by atomic mass is 10.0. The maximum Gasteiger partial charge on any atom is 0.187 e. The number of nitrogens with zero attached hydrogens (tertiary/aromatic N) is 2. The van der Waals surface area contributed by atoms with E-state index in [1.54, 1.807) is 12.2 Å². The number of hydrogen-bond donors (Lipinski definition) is 0. The largest absolute Gasteiger partial charge is 0.289 e. The van der Waals surface area contributed by atoms with E-state index in [0.717, 1.165) is 12.1 Å². The van der Waals surface area contributed by atoms with E-state index in [2.05, 4.69) is 10.2 Å². The van der Waals surface area contributed by atoms with Crippen LogP contribution in [0.1, 0.15) is 6.42 Å². The Kier molecular flexibility index (Phi) is 1.70. The zero-order chi connectivity index (χ0) is 8.39. The quantitative estimate of drug-likeness (QED) is 0.532. The molecule has 2 rings (SSSR count). The van der Waals surface area contributed by atoms with Gasteiger partial charge in [0.25, 0.3) is 0 Å². The molecule has 0 aromatic heterocycles. The molecule has 0 bridgehead atoms. The first kappa shape index (κ1) is 7.16. The van der Waals surface area contributed by atoms with E-state index in [4.69, 9.17) is 0 Å². The van der Waals surface area contributed by atoms with Gasteiger partial charge in [-0.25, -0.2) is 0 Å². The van der Waals surface area contributed by atoms with E-state index in [-0.39, 0.29) is 5.78 Å². The van der Waals surface area contributed by atoms with Crippen molar-refractivity contribution in [3.8, 4) is 0 Å². The fraction of sp³-hybridized carbons (Fsp3) is 0.222. The molecule has 3 heteroatoms. The molecule has 1 aliphatic carbocycles. The molecule has 3 nitrogen and oxygen atoms in total. The molecular weight excluding hydrogens is 152 g/mol. The second kappa shape index (κ2) is 2.85. The summed E-state index contributed by atoms with van der Waals surface area (Å²) < 4.78 is 0. The fourth-order valence-corrected chi connectivity index (χ4v) is 1.24. The summed E-state index contributed by atoms with van der Waals surface area (Å²) in [5.74, 6) is 0.0355. The van der Waals surface area contributed by atoms with Crippen LogP contribution in [-0.2, 0) is 4.79 Å². The molecule has 0 atom stereocenters. The van der Waals surface area contributed by atoms with E-state index >= 15 is 0 Å². The van der Waals surface area contributed by atoms with E-state index in [0.29, 0.717) is 12.1 Å². The molecule has 0 saturated heterocycles. The van der Waals surface area contributed by atoms with Crippen molar-refractivity contribution in [2.45, 2.75) is 6.42 Å². The van der Waals surface area contributed by atoms with Crippen molar-refractivity contribution >= 4 is 5.78 Å². The lowest BCUT2D eigenvalue weighted by Gasteiger charge is -2.05. The molecule has 0 aromatic carbocycles. The van der Waals surface area contributed by atoms with Crippen molar-refractivity contribution in [2.75, 3.05) is 6.54 Å². The molecule has 0 spiro atoms. The summed E-state index contributed by atoms with van der Waals surface area (Å²) in [6.45, 7) is 0.570. The highest BCUT2D eigenvalue weighted by atomic mass is 16.1. The normalized spacial score (nSPS) is 21.2. The van der Waals surface area contributed by atoms with Crippen LogP contribution in [0.4, 0.5) is 0 Å². The number of rotatable bonds is 0. The average Bonchev–Trinajstić information content (AvgIpc) is 2.30. The summed E-state index contributed by atoms with van der Waals surface area (Å²) in [6.07, 6.45) is 7.78. The second-order valence-electron chi connectivity index (χ2n) is 2.66. The minimum absolute atomic E-state index is 0.0355. The maximum absolute atomic E-state index is 11.3. The molecule has 12 heavy (non-hydrogen) atoms. The Morgan fingerprint density at radius 3 is 3.08 bits per heavy atom. The Hall–Kier alpha value is -1.51. The van der Waals surface area contributed by atoms with Gasteiger partial charge in [0.2, 0.25) is 0 Å². The summed E-state index contributed by atoms with van der Waals surface area (Å²) in [5, 5.41) is 7.85. The van der Waals surface area contributed by atoms with Gasteiger partial charge < -0.3 is 0 Å². The summed E-state index contributed by atoms with van der Waals surface area (Å²) in [4.78, 5) is 11.3. The van der Waals surface area contributed by atoms with Crippen LogP contribution in [0.5, 0.6) is 0 Å². The van der Waals surface area contributed by atoms with Gasteiger partial charge in [0.05, 0.1) is 12.2 Å². The molecule has 0 fully saturated rings. The van der Waals surface area contributed by atoms with Crippen molar-refractivity contribution in [1.82, 2.24) is 0 Å². The highest BCUT2D eigenvalue weighted by Crippen LogP contribution is 2.20. The predicted molar refractivity (Wildman–Crippen MR) is 44.7 cm³/mol. The van der Waals surface area contributed by atoms with Gasteiger partial charge in [-0.3, -0.25) is 4.79 Å². The molecule has 0 aromatic rings. The van der Waals surface area contributed by atoms with Gasteiger partial charge in [-0.15, -0.1) is 0 Å². The van der Waals surface area contributed by atoms with Crippen LogP contribution in [0, 0.1) is 0 Å². The third kappa shape index (κ3) is 1.13. The number of carbonyl (C=O) groups is 1. The highest BCUT2D eigenvalue weighted by molar-refractivity contribution is 6.07. The van der Waals surface area contributed by atoms with Crippen LogP contribution in [0.25, 0.3) is 0 Å². The molecule has 0 saturated carbocycles. The SMILES string of the molecule is O=C1C=CCC2=C1C=CCN=N2. The molecule has 0 unspecified atom stereocenters. The number of carbonyl (C=O) groups excluding carboxylic acids is 1. The first-order valence-electron chi connectivity index (χ1n) is 3.86. The molecule has 2 aliphatic rings. The van der Waals surface area contributed by atoms with Crippen molar-refractivity contribution in [2.24, 2.45) is 10.2 Å². The van der Waals surface area contributed by atoms with Gasteiger partial charge in [0, 0.05) is 12.0 Å². The van der Waals surface area contributed by atoms with Gasteiger partial charge in [-0.05, 0) is 6.08 Å². The predicted octanol–water partition coefficient (Wildman–Crippen LogP) is 1.79. The smallest absolute Gasteiger partial charge is 0.187 e. The van der Waals surface area contributed by atoms with Crippen LogP contribution in [-0.4, -0.2) is 12.3 Å². The van der Waals surface area contributed by atoms with E-state index in [9.17, 15) is 4.79 Å². The van der Waals surface area contributed by atoms with Gasteiger partial charge in [-0.1, -0.05) is 18.2 Å². The number of allylic oxidation sites excluding steroid dienone is 4. The topological polar surface area (TPSA) is 41.8 Å². The van der Waals surface area contributed by atoms with Crippen LogP contribution >= 0.6 is 0 Å².